The van der Waals surface area contributed by atoms with Crippen molar-refractivity contribution in [1.82, 2.24) is 20.3 Å². The number of ether oxygens (including phenoxy) is 1. The minimum absolute atomic E-state index is 0.357. The largest absolute Gasteiger partial charge is 0.477 e. The van der Waals surface area contributed by atoms with E-state index < -0.39 is 6.04 Å². The summed E-state index contributed by atoms with van der Waals surface area (Å²) in [6, 6.07) is 11.8. The van der Waals surface area contributed by atoms with Crippen LogP contribution in [0.25, 0.3) is 11.3 Å². The van der Waals surface area contributed by atoms with Gasteiger partial charge in [-0.25, -0.2) is 4.98 Å². The monoisotopic (exact) mass is 446 g/mol. The van der Waals surface area contributed by atoms with E-state index in [-0.39, 0.29) is 5.91 Å². The van der Waals surface area contributed by atoms with E-state index in [1.165, 1.54) is 12.8 Å². The van der Waals surface area contributed by atoms with Crippen LogP contribution in [0.2, 0.25) is 0 Å². The molecular weight excluding hydrogens is 424 g/mol. The number of hydrogen-bond donors (Lipinski definition) is 2. The van der Waals surface area contributed by atoms with Crippen molar-refractivity contribution in [3.63, 3.8) is 0 Å². The number of benzene rings is 1. The van der Waals surface area contributed by atoms with E-state index in [2.05, 4.69) is 31.1 Å². The molecule has 1 aliphatic rings. The van der Waals surface area contributed by atoms with Crippen LogP contribution in [0.15, 0.2) is 55.0 Å². The van der Waals surface area contributed by atoms with Gasteiger partial charge in [0.05, 0.1) is 36.5 Å². The van der Waals surface area contributed by atoms with Crippen molar-refractivity contribution in [2.75, 3.05) is 11.3 Å². The van der Waals surface area contributed by atoms with Crippen LogP contribution in [0, 0.1) is 11.3 Å². The van der Waals surface area contributed by atoms with E-state index in [4.69, 9.17) is 4.74 Å². The average molecular weight is 447 g/mol. The summed E-state index contributed by atoms with van der Waals surface area (Å²) < 4.78 is 8.67. The van der Waals surface area contributed by atoms with Gasteiger partial charge in [-0.15, -0.1) is 0 Å². The Kier molecular flexibility index (Phi) is 6.82. The molecule has 162 valence electrons. The van der Waals surface area contributed by atoms with Crippen molar-refractivity contribution < 1.29 is 9.53 Å². The van der Waals surface area contributed by atoms with Crippen LogP contribution in [0.4, 0.5) is 5.69 Å². The highest BCUT2D eigenvalue weighted by Crippen LogP contribution is 2.34. The number of hydrogen-bond acceptors (Lipinski definition) is 8. The Morgan fingerprint density at radius 1 is 1.28 bits per heavy atom. The third kappa shape index (κ3) is 5.53. The van der Waals surface area contributed by atoms with Crippen molar-refractivity contribution in [2.45, 2.75) is 31.1 Å². The van der Waals surface area contributed by atoms with Crippen LogP contribution in [0.5, 0.6) is 5.88 Å². The Hall–Kier alpha value is -3.64. The van der Waals surface area contributed by atoms with Crippen LogP contribution in [0.3, 0.4) is 0 Å². The molecule has 1 unspecified atom stereocenters. The molecule has 2 heterocycles. The van der Waals surface area contributed by atoms with E-state index in [9.17, 15) is 10.1 Å². The zero-order valence-corrected chi connectivity index (χ0v) is 18.3. The number of nitrogens with zero attached hydrogens (tertiary/aromatic N) is 4. The van der Waals surface area contributed by atoms with Crippen LogP contribution >= 0.6 is 11.9 Å². The van der Waals surface area contributed by atoms with E-state index in [1.54, 1.807) is 60.9 Å². The van der Waals surface area contributed by atoms with Gasteiger partial charge in [0, 0.05) is 28.3 Å². The van der Waals surface area contributed by atoms with Gasteiger partial charge in [-0.1, -0.05) is 12.1 Å². The molecule has 1 aromatic carbocycles. The highest BCUT2D eigenvalue weighted by atomic mass is 32.2. The van der Waals surface area contributed by atoms with Gasteiger partial charge in [0.2, 0.25) is 5.88 Å². The highest BCUT2D eigenvalue weighted by molar-refractivity contribution is 8.01. The molecule has 0 spiro atoms. The van der Waals surface area contributed by atoms with Gasteiger partial charge in [0.25, 0.3) is 5.91 Å². The minimum Gasteiger partial charge on any atom is -0.477 e. The zero-order chi connectivity index (χ0) is 22.3. The molecule has 0 aliphatic heterocycles. The van der Waals surface area contributed by atoms with Crippen LogP contribution in [0.1, 0.15) is 41.9 Å². The number of nitrogens with one attached hydrogen (secondary N) is 2. The second-order valence-corrected chi connectivity index (χ2v) is 8.28. The fourth-order valence-corrected chi connectivity index (χ4v) is 3.69. The average Bonchev–Trinajstić information content (AvgIpc) is 3.66. The standard InChI is InChI=1S/C23H22N6O2S/c1-2-31-22-14-25-13-21(27-22)15-3-5-16(6-4-15)23(30)28-20(12-24)19-11-17(9-10-26-19)29-32-18-7-8-18/h3-6,9-11,13-14,18,20H,2,7-8H2,1H3,(H,26,29)(H,28,30). The first-order chi connectivity index (χ1) is 15.7. The molecule has 32 heavy (non-hydrogen) atoms. The molecule has 3 aromatic rings. The third-order valence-electron chi connectivity index (χ3n) is 4.70. The van der Waals surface area contributed by atoms with Crippen molar-refractivity contribution >= 4 is 23.5 Å². The maximum Gasteiger partial charge on any atom is 0.252 e. The molecule has 0 bridgehead atoms. The summed E-state index contributed by atoms with van der Waals surface area (Å²) in [5, 5.41) is 13.0. The van der Waals surface area contributed by atoms with Crippen LogP contribution < -0.4 is 14.8 Å². The molecule has 1 saturated carbocycles. The predicted octanol–water partition coefficient (Wildman–Crippen LogP) is 4.15. The number of anilines is 1. The lowest BCUT2D eigenvalue weighted by molar-refractivity contribution is 0.0944. The molecule has 8 nitrogen and oxygen atoms in total. The van der Waals surface area contributed by atoms with Crippen molar-refractivity contribution in [1.29, 1.82) is 5.26 Å². The number of amides is 1. The highest BCUT2D eigenvalue weighted by Gasteiger charge is 2.22. The minimum atomic E-state index is -0.858. The van der Waals surface area contributed by atoms with Crippen LogP contribution in [-0.4, -0.2) is 32.7 Å². The van der Waals surface area contributed by atoms with E-state index in [1.807, 2.05) is 13.0 Å². The summed E-state index contributed by atoms with van der Waals surface area (Å²) in [6.07, 6.45) is 7.26. The number of pyridine rings is 1. The number of nitriles is 1. The molecule has 2 aromatic heterocycles. The van der Waals surface area contributed by atoms with Crippen molar-refractivity contribution in [3.8, 4) is 23.2 Å². The van der Waals surface area contributed by atoms with Crippen molar-refractivity contribution in [2.24, 2.45) is 0 Å². The normalized spacial score (nSPS) is 13.6. The second-order valence-electron chi connectivity index (χ2n) is 7.18. The van der Waals surface area contributed by atoms with Gasteiger partial charge in [0.1, 0.15) is 0 Å². The SMILES string of the molecule is CCOc1cncc(-c2ccc(C(=O)NC(C#N)c3cc(NSC4CC4)ccn3)cc2)n1. The van der Waals surface area contributed by atoms with Gasteiger partial charge < -0.3 is 14.8 Å². The number of carbonyl (C=O) groups is 1. The third-order valence-corrected chi connectivity index (χ3v) is 5.86. The zero-order valence-electron chi connectivity index (χ0n) is 17.5. The van der Waals surface area contributed by atoms with E-state index >= 15 is 0 Å². The number of rotatable bonds is 9. The lowest BCUT2D eigenvalue weighted by Gasteiger charge is -2.13. The van der Waals surface area contributed by atoms with Gasteiger partial charge in [0.15, 0.2) is 6.04 Å². The Labute approximate surface area is 190 Å². The lowest BCUT2D eigenvalue weighted by atomic mass is 10.1. The fraction of sp³-hybridized carbons (Fsp3) is 0.261. The smallest absolute Gasteiger partial charge is 0.252 e. The second kappa shape index (κ2) is 10.1. The molecule has 1 amide bonds. The molecule has 2 N–H and O–H groups in total. The maximum atomic E-state index is 12.7. The summed E-state index contributed by atoms with van der Waals surface area (Å²) >= 11 is 1.67. The van der Waals surface area contributed by atoms with Gasteiger partial charge in [-0.3, -0.25) is 14.8 Å². The maximum absolute atomic E-state index is 12.7. The van der Waals surface area contributed by atoms with Gasteiger partial charge in [-0.05, 0) is 56.0 Å². The number of carbonyl (C=O) groups excluding carboxylic acids is 1. The Bertz CT molecular complexity index is 1130. The quantitative estimate of drug-likeness (QED) is 0.471. The Balaban J connectivity index is 1.43. The Morgan fingerprint density at radius 3 is 2.81 bits per heavy atom. The Morgan fingerprint density at radius 2 is 2.09 bits per heavy atom. The first-order valence-electron chi connectivity index (χ1n) is 10.3. The molecule has 0 saturated heterocycles. The van der Waals surface area contributed by atoms with E-state index in [0.717, 1.165) is 11.3 Å². The van der Waals surface area contributed by atoms with Crippen molar-refractivity contribution in [3.05, 3.63) is 66.2 Å². The molecule has 1 atom stereocenters. The molecule has 9 heteroatoms. The summed E-state index contributed by atoms with van der Waals surface area (Å²) in [6.45, 7) is 2.39. The molecule has 1 fully saturated rings. The van der Waals surface area contributed by atoms with Gasteiger partial charge >= 0.3 is 0 Å². The lowest BCUT2D eigenvalue weighted by Crippen LogP contribution is -2.28. The first kappa shape index (κ1) is 21.6. The summed E-state index contributed by atoms with van der Waals surface area (Å²) in [7, 11) is 0. The summed E-state index contributed by atoms with van der Waals surface area (Å²) in [4.78, 5) is 25.5. The molecule has 4 rings (SSSR count). The predicted molar refractivity (Wildman–Crippen MR) is 123 cm³/mol. The molecule has 0 radical (unpaired) electrons. The first-order valence-corrected chi connectivity index (χ1v) is 11.2. The fourth-order valence-electron chi connectivity index (χ4n) is 2.89. The summed E-state index contributed by atoms with van der Waals surface area (Å²) in [5.41, 5.74) is 3.24. The molecular formula is C23H22N6O2S. The summed E-state index contributed by atoms with van der Waals surface area (Å²) in [5.74, 6) is 0.0909. The van der Waals surface area contributed by atoms with Crippen LogP contribution in [-0.2, 0) is 0 Å². The molecule has 1 aliphatic carbocycles. The number of aromatic nitrogens is 3. The van der Waals surface area contributed by atoms with E-state index in [0.29, 0.717) is 34.7 Å². The van der Waals surface area contributed by atoms with Gasteiger partial charge in [-0.2, -0.15) is 5.26 Å². The topological polar surface area (TPSA) is 113 Å².